The van der Waals surface area contributed by atoms with E-state index in [-0.39, 0.29) is 11.7 Å². The van der Waals surface area contributed by atoms with Gasteiger partial charge in [-0.05, 0) is 50.5 Å². The third-order valence-electron chi connectivity index (χ3n) is 4.89. The van der Waals surface area contributed by atoms with Crippen LogP contribution in [-0.2, 0) is 10.0 Å². The van der Waals surface area contributed by atoms with E-state index < -0.39 is 10.0 Å². The number of ether oxygens (including phenoxy) is 1. The van der Waals surface area contributed by atoms with Crippen molar-refractivity contribution in [1.29, 1.82) is 0 Å². The molecule has 2 fully saturated rings. The second-order valence-corrected chi connectivity index (χ2v) is 9.09. The molecule has 138 valence electrons. The molecule has 6 nitrogen and oxygen atoms in total. The second-order valence-electron chi connectivity index (χ2n) is 7.15. The molecule has 2 aliphatic rings. The van der Waals surface area contributed by atoms with Gasteiger partial charge in [-0.1, -0.05) is 12.1 Å². The molecule has 0 atom stereocenters. The highest BCUT2D eigenvalue weighted by Gasteiger charge is 2.38. The number of hydrogen-bond donors (Lipinski definition) is 0. The number of benzene rings is 1. The van der Waals surface area contributed by atoms with Crippen LogP contribution >= 0.6 is 0 Å². The van der Waals surface area contributed by atoms with Crippen molar-refractivity contribution in [2.45, 2.75) is 43.7 Å². The van der Waals surface area contributed by atoms with Gasteiger partial charge in [0, 0.05) is 17.8 Å². The van der Waals surface area contributed by atoms with Crippen LogP contribution in [0.2, 0.25) is 0 Å². The summed E-state index contributed by atoms with van der Waals surface area (Å²) in [6.07, 6.45) is 1.87. The standard InChI is InChI=1S/C19H22N2O4S/c1-13-4-3-5-18(8-13)26(23,24)20-11-17(12-20)25-16-9-14(2)21(15-6-7-15)19(22)10-16/h3-5,8-10,15,17H,6-7,11-12H2,1-2H3. The summed E-state index contributed by atoms with van der Waals surface area (Å²) in [6, 6.07) is 10.6. The number of sulfonamides is 1. The lowest BCUT2D eigenvalue weighted by molar-refractivity contribution is 0.0758. The molecule has 4 rings (SSSR count). The zero-order valence-electron chi connectivity index (χ0n) is 14.9. The molecule has 1 aliphatic heterocycles. The Morgan fingerprint density at radius 1 is 1.08 bits per heavy atom. The number of rotatable bonds is 5. The quantitative estimate of drug-likeness (QED) is 0.805. The molecule has 0 radical (unpaired) electrons. The molecule has 1 aliphatic carbocycles. The van der Waals surface area contributed by atoms with Gasteiger partial charge in [0.15, 0.2) is 0 Å². The number of nitrogens with zero attached hydrogens (tertiary/aromatic N) is 2. The Kier molecular flexibility index (Phi) is 4.16. The molecular formula is C19H22N2O4S. The van der Waals surface area contributed by atoms with Crippen molar-refractivity contribution in [2.75, 3.05) is 13.1 Å². The first kappa shape index (κ1) is 17.3. The van der Waals surface area contributed by atoms with Gasteiger partial charge in [-0.15, -0.1) is 0 Å². The fourth-order valence-electron chi connectivity index (χ4n) is 3.34. The molecule has 2 heterocycles. The predicted molar refractivity (Wildman–Crippen MR) is 98.1 cm³/mol. The maximum absolute atomic E-state index is 12.6. The third kappa shape index (κ3) is 3.17. The Balaban J connectivity index is 1.43. The number of aromatic nitrogens is 1. The van der Waals surface area contributed by atoms with Crippen molar-refractivity contribution in [3.63, 3.8) is 0 Å². The van der Waals surface area contributed by atoms with E-state index in [4.69, 9.17) is 4.74 Å². The Hall–Kier alpha value is -2.12. The van der Waals surface area contributed by atoms with Crippen LogP contribution in [-0.4, -0.2) is 36.5 Å². The highest BCUT2D eigenvalue weighted by molar-refractivity contribution is 7.89. The fourth-order valence-corrected chi connectivity index (χ4v) is 4.95. The highest BCUT2D eigenvalue weighted by Crippen LogP contribution is 2.35. The van der Waals surface area contributed by atoms with Crippen LogP contribution in [0.25, 0.3) is 0 Å². The summed E-state index contributed by atoms with van der Waals surface area (Å²) in [5.74, 6) is 0.516. The SMILES string of the molecule is Cc1cccc(S(=O)(=O)N2CC(Oc3cc(C)n(C4CC4)c(=O)c3)C2)c1. The summed E-state index contributed by atoms with van der Waals surface area (Å²) in [4.78, 5) is 12.6. The van der Waals surface area contributed by atoms with Crippen molar-refractivity contribution in [3.05, 3.63) is 58.0 Å². The Morgan fingerprint density at radius 3 is 2.42 bits per heavy atom. The van der Waals surface area contributed by atoms with Gasteiger partial charge in [0.1, 0.15) is 11.9 Å². The lowest BCUT2D eigenvalue weighted by Crippen LogP contribution is -2.56. The second kappa shape index (κ2) is 6.25. The van der Waals surface area contributed by atoms with E-state index in [0.29, 0.717) is 29.8 Å². The minimum atomic E-state index is -3.49. The van der Waals surface area contributed by atoms with Crippen LogP contribution in [0.15, 0.2) is 46.1 Å². The van der Waals surface area contributed by atoms with Gasteiger partial charge in [-0.3, -0.25) is 4.79 Å². The van der Waals surface area contributed by atoms with Gasteiger partial charge >= 0.3 is 0 Å². The molecule has 0 bridgehead atoms. The van der Waals surface area contributed by atoms with E-state index in [1.54, 1.807) is 18.2 Å². The van der Waals surface area contributed by atoms with Crippen LogP contribution in [0, 0.1) is 13.8 Å². The number of pyridine rings is 1. The van der Waals surface area contributed by atoms with Gasteiger partial charge in [-0.25, -0.2) is 8.42 Å². The van der Waals surface area contributed by atoms with Crippen LogP contribution in [0.4, 0.5) is 0 Å². The van der Waals surface area contributed by atoms with Crippen molar-refractivity contribution < 1.29 is 13.2 Å². The molecule has 0 spiro atoms. The van der Waals surface area contributed by atoms with Crippen LogP contribution in [0.1, 0.15) is 30.1 Å². The first-order valence-electron chi connectivity index (χ1n) is 8.81. The minimum Gasteiger partial charge on any atom is -0.487 e. The van der Waals surface area contributed by atoms with E-state index in [0.717, 1.165) is 24.1 Å². The minimum absolute atomic E-state index is 0.0499. The predicted octanol–water partition coefficient (Wildman–Crippen LogP) is 2.25. The van der Waals surface area contributed by atoms with E-state index in [9.17, 15) is 13.2 Å². The molecule has 1 saturated carbocycles. The largest absolute Gasteiger partial charge is 0.487 e. The fraction of sp³-hybridized carbons (Fsp3) is 0.421. The number of aryl methyl sites for hydroxylation is 2. The molecule has 1 saturated heterocycles. The van der Waals surface area contributed by atoms with Crippen LogP contribution in [0.3, 0.4) is 0 Å². The van der Waals surface area contributed by atoms with Gasteiger partial charge in [0.05, 0.1) is 18.0 Å². The van der Waals surface area contributed by atoms with E-state index in [1.807, 2.05) is 30.5 Å². The van der Waals surface area contributed by atoms with Crippen molar-refractivity contribution >= 4 is 10.0 Å². The van der Waals surface area contributed by atoms with Crippen molar-refractivity contribution in [3.8, 4) is 5.75 Å². The zero-order valence-corrected chi connectivity index (χ0v) is 15.7. The number of hydrogen-bond acceptors (Lipinski definition) is 4. The summed E-state index contributed by atoms with van der Waals surface area (Å²) in [5.41, 5.74) is 1.75. The summed E-state index contributed by atoms with van der Waals surface area (Å²) >= 11 is 0. The van der Waals surface area contributed by atoms with Crippen molar-refractivity contribution in [1.82, 2.24) is 8.87 Å². The average Bonchev–Trinajstić information content (AvgIpc) is 3.34. The first-order valence-corrected chi connectivity index (χ1v) is 10.3. The smallest absolute Gasteiger partial charge is 0.254 e. The van der Waals surface area contributed by atoms with Gasteiger partial charge in [-0.2, -0.15) is 4.31 Å². The molecule has 1 aromatic heterocycles. The van der Waals surface area contributed by atoms with E-state index in [1.165, 1.54) is 10.4 Å². The third-order valence-corrected chi connectivity index (χ3v) is 6.72. The van der Waals surface area contributed by atoms with E-state index >= 15 is 0 Å². The maximum atomic E-state index is 12.6. The van der Waals surface area contributed by atoms with Gasteiger partial charge in [0.25, 0.3) is 5.56 Å². The zero-order chi connectivity index (χ0) is 18.5. The molecule has 26 heavy (non-hydrogen) atoms. The molecule has 0 N–H and O–H groups in total. The van der Waals surface area contributed by atoms with Crippen molar-refractivity contribution in [2.24, 2.45) is 0 Å². The molecule has 7 heteroatoms. The molecule has 1 aromatic carbocycles. The molecule has 0 unspecified atom stereocenters. The normalized spacial score (nSPS) is 18.5. The summed E-state index contributed by atoms with van der Waals surface area (Å²) in [6.45, 7) is 4.36. The van der Waals surface area contributed by atoms with Crippen LogP contribution in [0.5, 0.6) is 5.75 Å². The van der Waals surface area contributed by atoms with E-state index in [2.05, 4.69) is 0 Å². The lowest BCUT2D eigenvalue weighted by atomic mass is 10.2. The average molecular weight is 374 g/mol. The first-order chi connectivity index (χ1) is 12.3. The van der Waals surface area contributed by atoms with Gasteiger partial charge < -0.3 is 9.30 Å². The summed E-state index contributed by atoms with van der Waals surface area (Å²) in [5, 5.41) is 0. The summed E-state index contributed by atoms with van der Waals surface area (Å²) < 4.78 is 34.3. The molecule has 0 amide bonds. The Bertz CT molecular complexity index is 1000. The van der Waals surface area contributed by atoms with Gasteiger partial charge in [0.2, 0.25) is 10.0 Å². The Morgan fingerprint density at radius 2 is 1.81 bits per heavy atom. The van der Waals surface area contributed by atoms with Crippen LogP contribution < -0.4 is 10.3 Å². The summed E-state index contributed by atoms with van der Waals surface area (Å²) in [7, 11) is -3.49. The molecule has 2 aromatic rings. The lowest BCUT2D eigenvalue weighted by Gasteiger charge is -2.37. The Labute approximate surface area is 153 Å². The maximum Gasteiger partial charge on any atom is 0.254 e. The highest BCUT2D eigenvalue weighted by atomic mass is 32.2. The molecular weight excluding hydrogens is 352 g/mol. The monoisotopic (exact) mass is 374 g/mol. The topological polar surface area (TPSA) is 68.6 Å².